The Balaban J connectivity index is 2.41. The average molecular weight is 210 g/mol. The molecule has 0 spiro atoms. The summed E-state index contributed by atoms with van der Waals surface area (Å²) in [4.78, 5) is 6.75. The Kier molecular flexibility index (Phi) is 2.44. The fourth-order valence-electron chi connectivity index (χ4n) is 1.10. The Morgan fingerprint density at radius 1 is 1.54 bits per heavy atom. The van der Waals surface area contributed by atoms with Gasteiger partial charge in [-0.15, -0.1) is 22.7 Å². The van der Waals surface area contributed by atoms with Crippen molar-refractivity contribution < 1.29 is 0 Å². The van der Waals surface area contributed by atoms with Crippen molar-refractivity contribution in [2.75, 3.05) is 0 Å². The second kappa shape index (κ2) is 3.57. The molecule has 0 aromatic carbocycles. The van der Waals surface area contributed by atoms with E-state index in [1.54, 1.807) is 22.7 Å². The number of thiazole rings is 1. The number of nitrogens with two attached hydrogens (primary N) is 1. The molecule has 4 heteroatoms. The predicted octanol–water partition coefficient (Wildman–Crippen LogP) is 2.64. The predicted molar refractivity (Wildman–Crippen MR) is 58.1 cm³/mol. The van der Waals surface area contributed by atoms with Crippen LogP contribution in [0.15, 0.2) is 17.6 Å². The van der Waals surface area contributed by atoms with Crippen molar-refractivity contribution in [3.63, 3.8) is 0 Å². The lowest BCUT2D eigenvalue weighted by atomic mass is 10.3. The summed E-state index contributed by atoms with van der Waals surface area (Å²) in [5.41, 5.74) is 6.82. The van der Waals surface area contributed by atoms with E-state index >= 15 is 0 Å². The maximum atomic E-state index is 5.53. The van der Waals surface area contributed by atoms with Gasteiger partial charge in [-0.2, -0.15) is 0 Å². The van der Waals surface area contributed by atoms with E-state index in [0.29, 0.717) is 6.54 Å². The minimum absolute atomic E-state index is 0.585. The summed E-state index contributed by atoms with van der Waals surface area (Å²) in [7, 11) is 0. The number of nitrogens with zero attached hydrogens (tertiary/aromatic N) is 1. The fourth-order valence-corrected chi connectivity index (χ4v) is 2.98. The van der Waals surface area contributed by atoms with Gasteiger partial charge in [-0.25, -0.2) is 4.98 Å². The molecule has 0 saturated carbocycles. The number of aromatic nitrogens is 1. The van der Waals surface area contributed by atoms with Crippen LogP contribution in [-0.2, 0) is 6.54 Å². The van der Waals surface area contributed by atoms with Gasteiger partial charge in [0, 0.05) is 17.6 Å². The van der Waals surface area contributed by atoms with Gasteiger partial charge in [-0.05, 0) is 23.9 Å². The standard InChI is InChI=1S/C9H10N2S2/c1-6-2-3-12-8(6)9-11-5-7(4-10)13-9/h2-3,5H,4,10H2,1H3. The second-order valence-electron chi connectivity index (χ2n) is 2.77. The zero-order valence-electron chi connectivity index (χ0n) is 7.28. The highest BCUT2D eigenvalue weighted by Gasteiger charge is 2.07. The maximum Gasteiger partial charge on any atom is 0.133 e. The highest BCUT2D eigenvalue weighted by molar-refractivity contribution is 7.21. The highest BCUT2D eigenvalue weighted by atomic mass is 32.1. The van der Waals surface area contributed by atoms with Crippen LogP contribution in [0, 0.1) is 6.92 Å². The van der Waals surface area contributed by atoms with Gasteiger partial charge in [0.05, 0.1) is 4.88 Å². The molecular formula is C9H10N2S2. The molecule has 0 unspecified atom stereocenters. The van der Waals surface area contributed by atoms with Crippen molar-refractivity contribution in [1.29, 1.82) is 0 Å². The van der Waals surface area contributed by atoms with Gasteiger partial charge in [-0.3, -0.25) is 0 Å². The van der Waals surface area contributed by atoms with Gasteiger partial charge in [-0.1, -0.05) is 0 Å². The summed E-state index contributed by atoms with van der Waals surface area (Å²) in [6.07, 6.45) is 1.86. The van der Waals surface area contributed by atoms with E-state index in [2.05, 4.69) is 23.4 Å². The summed E-state index contributed by atoms with van der Waals surface area (Å²) in [6, 6.07) is 2.11. The number of hydrogen-bond acceptors (Lipinski definition) is 4. The Labute approximate surface area is 85.1 Å². The minimum Gasteiger partial charge on any atom is -0.326 e. The van der Waals surface area contributed by atoms with Crippen LogP contribution in [0.25, 0.3) is 9.88 Å². The molecule has 0 atom stereocenters. The van der Waals surface area contributed by atoms with E-state index < -0.39 is 0 Å². The van der Waals surface area contributed by atoms with Crippen LogP contribution in [-0.4, -0.2) is 4.98 Å². The first-order valence-corrected chi connectivity index (χ1v) is 5.70. The average Bonchev–Trinajstić information content (AvgIpc) is 2.71. The molecule has 0 aliphatic heterocycles. The van der Waals surface area contributed by atoms with Gasteiger partial charge < -0.3 is 5.73 Å². The van der Waals surface area contributed by atoms with Crippen molar-refractivity contribution in [1.82, 2.24) is 4.98 Å². The van der Waals surface area contributed by atoms with Gasteiger partial charge >= 0.3 is 0 Å². The summed E-state index contributed by atoms with van der Waals surface area (Å²) in [5.74, 6) is 0. The molecule has 2 aromatic rings. The number of rotatable bonds is 2. The molecular weight excluding hydrogens is 200 g/mol. The summed E-state index contributed by atoms with van der Waals surface area (Å²) in [5, 5.41) is 3.18. The van der Waals surface area contributed by atoms with E-state index in [0.717, 1.165) is 9.88 Å². The van der Waals surface area contributed by atoms with Crippen molar-refractivity contribution in [3.05, 3.63) is 28.1 Å². The lowest BCUT2D eigenvalue weighted by Crippen LogP contribution is -1.91. The smallest absolute Gasteiger partial charge is 0.133 e. The van der Waals surface area contributed by atoms with Crippen molar-refractivity contribution >= 4 is 22.7 Å². The van der Waals surface area contributed by atoms with Gasteiger partial charge in [0.25, 0.3) is 0 Å². The maximum absolute atomic E-state index is 5.53. The van der Waals surface area contributed by atoms with Crippen LogP contribution in [0.2, 0.25) is 0 Å². The molecule has 0 bridgehead atoms. The summed E-state index contributed by atoms with van der Waals surface area (Å²) < 4.78 is 0. The number of thiophene rings is 1. The summed E-state index contributed by atoms with van der Waals surface area (Å²) >= 11 is 3.41. The van der Waals surface area contributed by atoms with Crippen LogP contribution < -0.4 is 5.73 Å². The van der Waals surface area contributed by atoms with E-state index in [9.17, 15) is 0 Å². The van der Waals surface area contributed by atoms with Crippen LogP contribution in [0.5, 0.6) is 0 Å². The normalized spacial score (nSPS) is 10.6. The van der Waals surface area contributed by atoms with E-state index in [-0.39, 0.29) is 0 Å². The van der Waals surface area contributed by atoms with Gasteiger partial charge in [0.15, 0.2) is 0 Å². The fraction of sp³-hybridized carbons (Fsp3) is 0.222. The third-order valence-electron chi connectivity index (χ3n) is 1.81. The zero-order valence-corrected chi connectivity index (χ0v) is 8.91. The molecule has 0 amide bonds. The molecule has 68 valence electrons. The quantitative estimate of drug-likeness (QED) is 0.827. The highest BCUT2D eigenvalue weighted by Crippen LogP contribution is 2.31. The van der Waals surface area contributed by atoms with Crippen LogP contribution in [0.4, 0.5) is 0 Å². The molecule has 2 aromatic heterocycles. The van der Waals surface area contributed by atoms with E-state index in [1.807, 2.05) is 6.20 Å². The largest absolute Gasteiger partial charge is 0.326 e. The third-order valence-corrected chi connectivity index (χ3v) is 4.00. The molecule has 0 aliphatic rings. The Hall–Kier alpha value is -0.710. The first kappa shape index (κ1) is 8.87. The Bertz CT molecular complexity index is 403. The van der Waals surface area contributed by atoms with Gasteiger partial charge in [0.2, 0.25) is 0 Å². The van der Waals surface area contributed by atoms with E-state index in [4.69, 9.17) is 5.73 Å². The Morgan fingerprint density at radius 3 is 2.92 bits per heavy atom. The molecule has 2 rings (SSSR count). The van der Waals surface area contributed by atoms with Crippen LogP contribution in [0.3, 0.4) is 0 Å². The number of aryl methyl sites for hydroxylation is 1. The lowest BCUT2D eigenvalue weighted by Gasteiger charge is -1.91. The van der Waals surface area contributed by atoms with Crippen molar-refractivity contribution in [3.8, 4) is 9.88 Å². The van der Waals surface area contributed by atoms with Crippen LogP contribution in [0.1, 0.15) is 10.4 Å². The Morgan fingerprint density at radius 2 is 2.38 bits per heavy atom. The van der Waals surface area contributed by atoms with Crippen LogP contribution >= 0.6 is 22.7 Å². The topological polar surface area (TPSA) is 38.9 Å². The molecule has 0 aliphatic carbocycles. The van der Waals surface area contributed by atoms with Crippen molar-refractivity contribution in [2.24, 2.45) is 5.73 Å². The molecule has 2 heterocycles. The van der Waals surface area contributed by atoms with Crippen molar-refractivity contribution in [2.45, 2.75) is 13.5 Å². The number of hydrogen-bond donors (Lipinski definition) is 1. The molecule has 0 radical (unpaired) electrons. The molecule has 0 fully saturated rings. The first-order chi connectivity index (χ1) is 6.31. The summed E-state index contributed by atoms with van der Waals surface area (Å²) in [6.45, 7) is 2.69. The second-order valence-corrected chi connectivity index (χ2v) is 4.80. The SMILES string of the molecule is Cc1ccsc1-c1ncc(CN)s1. The third kappa shape index (κ3) is 1.65. The molecule has 2 N–H and O–H groups in total. The van der Waals surface area contributed by atoms with Gasteiger partial charge in [0.1, 0.15) is 5.01 Å². The monoisotopic (exact) mass is 210 g/mol. The molecule has 13 heavy (non-hydrogen) atoms. The molecule has 0 saturated heterocycles. The minimum atomic E-state index is 0.585. The zero-order chi connectivity index (χ0) is 9.26. The van der Waals surface area contributed by atoms with E-state index in [1.165, 1.54) is 10.4 Å². The first-order valence-electron chi connectivity index (χ1n) is 4.00. The lowest BCUT2D eigenvalue weighted by molar-refractivity contribution is 1.10. The molecule has 2 nitrogen and oxygen atoms in total.